The Kier molecular flexibility index (Phi) is 5.34. The molecular weight excluding hydrogens is 284 g/mol. The number of benzene rings is 2. The first-order valence-electron chi connectivity index (χ1n) is 7.15. The monoisotopic (exact) mass is 304 g/mol. The van der Waals surface area contributed by atoms with Crippen LogP contribution in [0.2, 0.25) is 5.02 Å². The summed E-state index contributed by atoms with van der Waals surface area (Å²) in [6.07, 6.45) is 0.957. The molecule has 0 aromatic heterocycles. The summed E-state index contributed by atoms with van der Waals surface area (Å²) < 4.78 is 5.65. The lowest BCUT2D eigenvalue weighted by molar-refractivity contribution is 0.319. The van der Waals surface area contributed by atoms with E-state index in [1.165, 1.54) is 0 Å². The number of para-hydroxylation sites is 1. The fourth-order valence-corrected chi connectivity index (χ4v) is 2.20. The minimum atomic E-state index is 0.131. The zero-order valence-corrected chi connectivity index (χ0v) is 13.2. The first-order chi connectivity index (χ1) is 10.1. The number of hydrogen-bond acceptors (Lipinski definition) is 3. The molecule has 2 rings (SSSR count). The summed E-state index contributed by atoms with van der Waals surface area (Å²) >= 11 is 5.91. The van der Waals surface area contributed by atoms with Gasteiger partial charge in [-0.2, -0.15) is 0 Å². The van der Waals surface area contributed by atoms with Gasteiger partial charge < -0.3 is 15.8 Å². The van der Waals surface area contributed by atoms with E-state index in [4.69, 9.17) is 22.1 Å². The molecule has 4 heteroatoms. The molecule has 1 atom stereocenters. The second-order valence-electron chi connectivity index (χ2n) is 4.98. The minimum absolute atomic E-state index is 0.131. The Balaban J connectivity index is 2.13. The summed E-state index contributed by atoms with van der Waals surface area (Å²) in [5, 5.41) is 4.15. The maximum absolute atomic E-state index is 6.17. The van der Waals surface area contributed by atoms with E-state index >= 15 is 0 Å². The first-order valence-corrected chi connectivity index (χ1v) is 7.53. The lowest BCUT2D eigenvalue weighted by Gasteiger charge is -2.19. The van der Waals surface area contributed by atoms with Gasteiger partial charge in [0.1, 0.15) is 5.75 Å². The fraction of sp³-hybridized carbons (Fsp3) is 0.294. The van der Waals surface area contributed by atoms with Gasteiger partial charge in [-0.25, -0.2) is 0 Å². The van der Waals surface area contributed by atoms with Crippen molar-refractivity contribution in [3.8, 4) is 5.75 Å². The highest BCUT2D eigenvalue weighted by Crippen LogP contribution is 2.32. The van der Waals surface area contributed by atoms with Crippen LogP contribution < -0.4 is 15.8 Å². The molecule has 0 bridgehead atoms. The van der Waals surface area contributed by atoms with Gasteiger partial charge in [-0.1, -0.05) is 36.7 Å². The summed E-state index contributed by atoms with van der Waals surface area (Å²) in [5.74, 6) is 0.727. The summed E-state index contributed by atoms with van der Waals surface area (Å²) in [5.41, 5.74) is 8.84. The third-order valence-corrected chi connectivity index (χ3v) is 3.52. The minimum Gasteiger partial charge on any atom is -0.491 e. The molecule has 112 valence electrons. The molecule has 0 spiro atoms. The van der Waals surface area contributed by atoms with Crippen LogP contribution in [-0.4, -0.2) is 6.61 Å². The van der Waals surface area contributed by atoms with Crippen LogP contribution in [0.25, 0.3) is 0 Å². The predicted octanol–water partition coefficient (Wildman–Crippen LogP) is 4.88. The van der Waals surface area contributed by atoms with Crippen LogP contribution in [0.1, 0.15) is 31.9 Å². The topological polar surface area (TPSA) is 47.3 Å². The molecule has 0 radical (unpaired) electrons. The van der Waals surface area contributed by atoms with Gasteiger partial charge >= 0.3 is 0 Å². The number of nitrogens with two attached hydrogens (primary N) is 1. The van der Waals surface area contributed by atoms with E-state index in [0.29, 0.717) is 12.3 Å². The van der Waals surface area contributed by atoms with Crippen LogP contribution in [0.3, 0.4) is 0 Å². The molecule has 0 saturated carbocycles. The highest BCUT2D eigenvalue weighted by atomic mass is 35.5. The van der Waals surface area contributed by atoms with Gasteiger partial charge in [0.25, 0.3) is 0 Å². The van der Waals surface area contributed by atoms with Crippen LogP contribution in [0.15, 0.2) is 42.5 Å². The Labute approximate surface area is 131 Å². The molecule has 0 heterocycles. The lowest BCUT2D eigenvalue weighted by Crippen LogP contribution is -2.09. The number of nitrogen functional groups attached to an aromatic ring is 1. The van der Waals surface area contributed by atoms with E-state index in [1.54, 1.807) is 0 Å². The van der Waals surface area contributed by atoms with Crippen LogP contribution in [0.4, 0.5) is 11.4 Å². The zero-order valence-electron chi connectivity index (χ0n) is 12.4. The van der Waals surface area contributed by atoms with Crippen molar-refractivity contribution in [1.29, 1.82) is 0 Å². The molecule has 0 fully saturated rings. The van der Waals surface area contributed by atoms with Crippen molar-refractivity contribution in [3.63, 3.8) is 0 Å². The number of ether oxygens (including phenoxy) is 1. The number of nitrogens with one attached hydrogen (secondary N) is 1. The quantitative estimate of drug-likeness (QED) is 0.747. The van der Waals surface area contributed by atoms with E-state index in [2.05, 4.69) is 19.2 Å². The van der Waals surface area contributed by atoms with Crippen LogP contribution in [-0.2, 0) is 0 Å². The average molecular weight is 305 g/mol. The SMILES string of the molecule is CCCOc1cccc(NC(C)c2ccc(Cl)cc2)c1N. The second kappa shape index (κ2) is 7.23. The van der Waals surface area contributed by atoms with Crippen molar-refractivity contribution >= 4 is 23.0 Å². The Morgan fingerprint density at radius 3 is 2.57 bits per heavy atom. The second-order valence-corrected chi connectivity index (χ2v) is 5.42. The van der Waals surface area contributed by atoms with Gasteiger partial charge in [0, 0.05) is 11.1 Å². The Hall–Kier alpha value is -1.87. The smallest absolute Gasteiger partial charge is 0.144 e. The molecule has 0 aliphatic rings. The number of halogens is 1. The predicted molar refractivity (Wildman–Crippen MR) is 90.1 cm³/mol. The van der Waals surface area contributed by atoms with Gasteiger partial charge in [-0.05, 0) is 43.2 Å². The van der Waals surface area contributed by atoms with Gasteiger partial charge in [-0.3, -0.25) is 0 Å². The molecule has 2 aromatic rings. The van der Waals surface area contributed by atoms with E-state index in [9.17, 15) is 0 Å². The highest BCUT2D eigenvalue weighted by Gasteiger charge is 2.10. The van der Waals surface area contributed by atoms with Gasteiger partial charge in [0.15, 0.2) is 0 Å². The molecule has 3 N–H and O–H groups in total. The van der Waals surface area contributed by atoms with Crippen LogP contribution in [0.5, 0.6) is 5.75 Å². The molecule has 0 aliphatic heterocycles. The van der Waals surface area contributed by atoms with E-state index < -0.39 is 0 Å². The summed E-state index contributed by atoms with van der Waals surface area (Å²) in [7, 11) is 0. The first kappa shape index (κ1) is 15.5. The van der Waals surface area contributed by atoms with E-state index in [-0.39, 0.29) is 6.04 Å². The van der Waals surface area contributed by atoms with Gasteiger partial charge in [-0.15, -0.1) is 0 Å². The van der Waals surface area contributed by atoms with Crippen molar-refractivity contribution in [3.05, 3.63) is 53.1 Å². The van der Waals surface area contributed by atoms with Gasteiger partial charge in [0.05, 0.1) is 18.0 Å². The lowest BCUT2D eigenvalue weighted by atomic mass is 10.1. The number of hydrogen-bond donors (Lipinski definition) is 2. The maximum Gasteiger partial charge on any atom is 0.144 e. The van der Waals surface area contributed by atoms with Crippen molar-refractivity contribution in [1.82, 2.24) is 0 Å². The third kappa shape index (κ3) is 4.05. The molecular formula is C17H21ClN2O. The van der Waals surface area contributed by atoms with Gasteiger partial charge in [0.2, 0.25) is 0 Å². The third-order valence-electron chi connectivity index (χ3n) is 3.27. The molecule has 2 aromatic carbocycles. The molecule has 0 aliphatic carbocycles. The summed E-state index contributed by atoms with van der Waals surface area (Å²) in [6, 6.07) is 13.7. The summed E-state index contributed by atoms with van der Waals surface area (Å²) in [6.45, 7) is 4.82. The Morgan fingerprint density at radius 1 is 1.19 bits per heavy atom. The van der Waals surface area contributed by atoms with Crippen molar-refractivity contribution in [2.75, 3.05) is 17.7 Å². The molecule has 1 unspecified atom stereocenters. The molecule has 0 amide bonds. The Morgan fingerprint density at radius 2 is 1.90 bits per heavy atom. The maximum atomic E-state index is 6.17. The molecule has 0 saturated heterocycles. The van der Waals surface area contributed by atoms with Crippen molar-refractivity contribution in [2.45, 2.75) is 26.3 Å². The highest BCUT2D eigenvalue weighted by molar-refractivity contribution is 6.30. The summed E-state index contributed by atoms with van der Waals surface area (Å²) in [4.78, 5) is 0. The standard InChI is InChI=1S/C17H21ClN2O/c1-3-11-21-16-6-4-5-15(17(16)19)20-12(2)13-7-9-14(18)10-8-13/h4-10,12,20H,3,11,19H2,1-2H3. The van der Waals surface area contributed by atoms with E-state index in [0.717, 1.165) is 28.4 Å². The van der Waals surface area contributed by atoms with E-state index in [1.807, 2.05) is 42.5 Å². The Bertz CT molecular complexity index is 584. The largest absolute Gasteiger partial charge is 0.491 e. The average Bonchev–Trinajstić information content (AvgIpc) is 2.49. The zero-order chi connectivity index (χ0) is 15.2. The fourth-order valence-electron chi connectivity index (χ4n) is 2.08. The van der Waals surface area contributed by atoms with Crippen LogP contribution in [0, 0.1) is 0 Å². The number of rotatable bonds is 6. The molecule has 21 heavy (non-hydrogen) atoms. The normalized spacial score (nSPS) is 12.0. The molecule has 3 nitrogen and oxygen atoms in total. The van der Waals surface area contributed by atoms with Crippen molar-refractivity contribution < 1.29 is 4.74 Å². The van der Waals surface area contributed by atoms with Crippen LogP contribution >= 0.6 is 11.6 Å². The van der Waals surface area contributed by atoms with Crippen molar-refractivity contribution in [2.24, 2.45) is 0 Å². The number of anilines is 2.